The van der Waals surface area contributed by atoms with Crippen LogP contribution >= 0.6 is 11.8 Å². The van der Waals surface area contributed by atoms with Crippen molar-refractivity contribution in [2.24, 2.45) is 10.2 Å². The van der Waals surface area contributed by atoms with Crippen molar-refractivity contribution in [3.05, 3.63) is 91.0 Å². The molecule has 0 saturated carbocycles. The number of thioether (sulfide) groups is 1. The minimum atomic E-state index is -3.54. The third kappa shape index (κ3) is 8.46. The van der Waals surface area contributed by atoms with Crippen LogP contribution in [0.25, 0.3) is 0 Å². The van der Waals surface area contributed by atoms with E-state index in [2.05, 4.69) is 16.8 Å². The van der Waals surface area contributed by atoms with Gasteiger partial charge in [-0.05, 0) is 86.2 Å². The van der Waals surface area contributed by atoms with E-state index in [0.29, 0.717) is 17.9 Å². The highest BCUT2D eigenvalue weighted by atomic mass is 32.2. The third-order valence-electron chi connectivity index (χ3n) is 5.21. The number of nitrogens with zero attached hydrogens (tertiary/aromatic N) is 2. The molecule has 188 valence electrons. The highest BCUT2D eigenvalue weighted by molar-refractivity contribution is 7.99. The van der Waals surface area contributed by atoms with Crippen molar-refractivity contribution in [3.63, 3.8) is 0 Å². The first kappa shape index (κ1) is 27.4. The molecule has 0 aliphatic carbocycles. The predicted octanol–water partition coefficient (Wildman–Crippen LogP) is 7.71. The molecule has 0 aliphatic rings. The Balaban J connectivity index is 1.40. The van der Waals surface area contributed by atoms with Crippen molar-refractivity contribution < 1.29 is 17.9 Å². The Kier molecular flexibility index (Phi) is 10.5. The molecule has 0 aromatic heterocycles. The third-order valence-corrected chi connectivity index (χ3v) is 8.09. The first-order valence-corrected chi connectivity index (χ1v) is 14.2. The molecule has 3 aromatic rings. The summed E-state index contributed by atoms with van der Waals surface area (Å²) in [5.74, 6) is 0.700. The number of unbranched alkanes of at least 4 members (excludes halogenated alkanes) is 3. The number of hydrogen-bond donors (Lipinski definition) is 0. The van der Waals surface area contributed by atoms with Gasteiger partial charge < -0.3 is 4.74 Å². The fourth-order valence-corrected chi connectivity index (χ4v) is 5.38. The first-order valence-electron chi connectivity index (χ1n) is 11.7. The van der Waals surface area contributed by atoms with Gasteiger partial charge in [0.05, 0.1) is 27.8 Å². The van der Waals surface area contributed by atoms with E-state index in [9.17, 15) is 13.2 Å². The molecule has 0 spiro atoms. The minimum absolute atomic E-state index is 0.222. The second-order valence-corrected chi connectivity index (χ2v) is 11.3. The maximum Gasteiger partial charge on any atom is 0.333 e. The Morgan fingerprint density at radius 2 is 1.36 bits per heavy atom. The lowest BCUT2D eigenvalue weighted by Crippen LogP contribution is -2.06. The van der Waals surface area contributed by atoms with Crippen molar-refractivity contribution in [2.45, 2.75) is 47.3 Å². The van der Waals surface area contributed by atoms with Gasteiger partial charge in [-0.3, -0.25) is 0 Å². The van der Waals surface area contributed by atoms with E-state index in [0.717, 1.165) is 37.1 Å². The number of hydrogen-bond acceptors (Lipinski definition) is 7. The van der Waals surface area contributed by atoms with Gasteiger partial charge in [-0.2, -0.15) is 10.2 Å². The SMILES string of the molecule is C=C(C)C(=O)OCCCCCCSc1ccc(N=Nc2ccc(S(=O)(=O)c3ccccc3)cc2)cc1. The van der Waals surface area contributed by atoms with E-state index in [1.54, 1.807) is 73.3 Å². The summed E-state index contributed by atoms with van der Waals surface area (Å²) in [6.07, 6.45) is 4.09. The van der Waals surface area contributed by atoms with E-state index in [1.807, 2.05) is 24.3 Å². The molecule has 0 atom stereocenters. The maximum absolute atomic E-state index is 12.7. The van der Waals surface area contributed by atoms with Gasteiger partial charge in [0, 0.05) is 10.5 Å². The lowest BCUT2D eigenvalue weighted by Gasteiger charge is -2.05. The summed E-state index contributed by atoms with van der Waals surface area (Å²) in [5.41, 5.74) is 1.74. The summed E-state index contributed by atoms with van der Waals surface area (Å²) >= 11 is 1.79. The van der Waals surface area contributed by atoms with Gasteiger partial charge in [0.15, 0.2) is 0 Å². The molecular formula is C28H30N2O4S2. The van der Waals surface area contributed by atoms with Crippen molar-refractivity contribution in [3.8, 4) is 0 Å². The van der Waals surface area contributed by atoms with Crippen LogP contribution in [0.5, 0.6) is 0 Å². The van der Waals surface area contributed by atoms with Crippen LogP contribution in [0.1, 0.15) is 32.6 Å². The van der Waals surface area contributed by atoms with Gasteiger partial charge in [0.25, 0.3) is 0 Å². The molecule has 8 heteroatoms. The van der Waals surface area contributed by atoms with Gasteiger partial charge >= 0.3 is 5.97 Å². The number of carbonyl (C=O) groups is 1. The molecule has 0 radical (unpaired) electrons. The number of sulfone groups is 1. The second kappa shape index (κ2) is 13.8. The molecule has 0 aliphatic heterocycles. The number of benzene rings is 3. The van der Waals surface area contributed by atoms with E-state index < -0.39 is 9.84 Å². The summed E-state index contributed by atoms with van der Waals surface area (Å²) in [6, 6.07) is 22.6. The van der Waals surface area contributed by atoms with Gasteiger partial charge in [0.2, 0.25) is 9.84 Å². The molecule has 0 N–H and O–H groups in total. The molecular weight excluding hydrogens is 492 g/mol. The molecule has 3 rings (SSSR count). The summed E-state index contributed by atoms with van der Waals surface area (Å²) in [4.78, 5) is 13.0. The average molecular weight is 523 g/mol. The van der Waals surface area contributed by atoms with Crippen LogP contribution in [0.4, 0.5) is 11.4 Å². The standard InChI is InChI=1S/C28H30N2O4S2/c1-22(2)28(31)34-20-8-3-4-9-21-35-25-16-12-23(13-17-25)29-30-24-14-18-27(19-15-24)36(32,33)26-10-6-5-7-11-26/h5-7,10-19H,1,3-4,8-9,20-21H2,2H3. The van der Waals surface area contributed by atoms with Crippen molar-refractivity contribution >= 4 is 38.9 Å². The van der Waals surface area contributed by atoms with Crippen molar-refractivity contribution in [1.82, 2.24) is 0 Å². The zero-order valence-corrected chi connectivity index (χ0v) is 21.9. The minimum Gasteiger partial charge on any atom is -0.462 e. The Morgan fingerprint density at radius 1 is 0.806 bits per heavy atom. The van der Waals surface area contributed by atoms with E-state index in [-0.39, 0.29) is 15.8 Å². The Labute approximate surface area is 217 Å². The smallest absolute Gasteiger partial charge is 0.333 e. The van der Waals surface area contributed by atoms with Crippen LogP contribution < -0.4 is 0 Å². The quantitative estimate of drug-likeness (QED) is 0.0754. The van der Waals surface area contributed by atoms with E-state index >= 15 is 0 Å². The summed E-state index contributed by atoms with van der Waals surface area (Å²) in [7, 11) is -3.54. The summed E-state index contributed by atoms with van der Waals surface area (Å²) in [5, 5.41) is 8.47. The molecule has 0 heterocycles. The van der Waals surface area contributed by atoms with E-state index in [4.69, 9.17) is 4.74 Å². The number of esters is 1. The van der Waals surface area contributed by atoms with Crippen molar-refractivity contribution in [1.29, 1.82) is 0 Å². The molecule has 0 bridgehead atoms. The summed E-state index contributed by atoms with van der Waals surface area (Å²) < 4.78 is 30.4. The lowest BCUT2D eigenvalue weighted by atomic mass is 10.2. The maximum atomic E-state index is 12.7. The highest BCUT2D eigenvalue weighted by Gasteiger charge is 2.16. The average Bonchev–Trinajstić information content (AvgIpc) is 2.90. The number of ether oxygens (including phenoxy) is 1. The number of rotatable bonds is 13. The van der Waals surface area contributed by atoms with Crippen LogP contribution in [0.3, 0.4) is 0 Å². The monoisotopic (exact) mass is 522 g/mol. The zero-order chi connectivity index (χ0) is 25.8. The zero-order valence-electron chi connectivity index (χ0n) is 20.3. The first-order chi connectivity index (χ1) is 17.4. The molecule has 3 aromatic carbocycles. The van der Waals surface area contributed by atoms with Crippen LogP contribution in [0.15, 0.2) is 116 Å². The Hall–Kier alpha value is -3.23. The van der Waals surface area contributed by atoms with Gasteiger partial charge in [-0.15, -0.1) is 11.8 Å². The Bertz CT molecular complexity index is 1270. The largest absolute Gasteiger partial charge is 0.462 e. The molecule has 6 nitrogen and oxygen atoms in total. The topological polar surface area (TPSA) is 85.2 Å². The van der Waals surface area contributed by atoms with Crippen LogP contribution in [0, 0.1) is 0 Å². The van der Waals surface area contributed by atoms with Crippen LogP contribution in [-0.2, 0) is 19.4 Å². The molecule has 0 unspecified atom stereocenters. The Morgan fingerprint density at radius 3 is 1.97 bits per heavy atom. The van der Waals surface area contributed by atoms with E-state index in [1.165, 1.54) is 4.90 Å². The normalized spacial score (nSPS) is 11.5. The fraction of sp³-hybridized carbons (Fsp3) is 0.250. The van der Waals surface area contributed by atoms with Gasteiger partial charge in [0.1, 0.15) is 0 Å². The predicted molar refractivity (Wildman–Crippen MR) is 144 cm³/mol. The van der Waals surface area contributed by atoms with Gasteiger partial charge in [-0.1, -0.05) is 37.6 Å². The number of azo groups is 1. The highest BCUT2D eigenvalue weighted by Crippen LogP contribution is 2.26. The fourth-order valence-electron chi connectivity index (χ4n) is 3.19. The van der Waals surface area contributed by atoms with Crippen LogP contribution in [0.2, 0.25) is 0 Å². The second-order valence-electron chi connectivity index (χ2n) is 8.18. The molecule has 0 fully saturated rings. The van der Waals surface area contributed by atoms with Crippen molar-refractivity contribution in [2.75, 3.05) is 12.4 Å². The molecule has 0 amide bonds. The van der Waals surface area contributed by atoms with Crippen LogP contribution in [-0.4, -0.2) is 26.7 Å². The molecule has 0 saturated heterocycles. The molecule has 36 heavy (non-hydrogen) atoms. The summed E-state index contributed by atoms with van der Waals surface area (Å²) in [6.45, 7) is 5.66. The van der Waals surface area contributed by atoms with Gasteiger partial charge in [-0.25, -0.2) is 13.2 Å². The number of carbonyl (C=O) groups excluding carboxylic acids is 1. The lowest BCUT2D eigenvalue weighted by molar-refractivity contribution is -0.139.